The molecule has 0 aliphatic rings. The van der Waals surface area contributed by atoms with E-state index in [1.165, 1.54) is 0 Å². The molecule has 1 amide bonds. The number of fused-ring (bicyclic) bond motifs is 2. The van der Waals surface area contributed by atoms with E-state index in [1.807, 2.05) is 26.8 Å². The summed E-state index contributed by atoms with van der Waals surface area (Å²) in [6, 6.07) is 1.67. The zero-order valence-corrected chi connectivity index (χ0v) is 15.4. The second kappa shape index (κ2) is 6.96. The van der Waals surface area contributed by atoms with E-state index in [0.717, 1.165) is 33.0 Å². The molecule has 1 aromatic carbocycles. The summed E-state index contributed by atoms with van der Waals surface area (Å²) in [5, 5.41) is 13.5. The molecule has 0 fully saturated rings. The third-order valence-corrected chi connectivity index (χ3v) is 4.82. The van der Waals surface area contributed by atoms with Crippen LogP contribution in [0.5, 0.6) is 0 Å². The number of benzene rings is 1. The van der Waals surface area contributed by atoms with Gasteiger partial charge in [0.15, 0.2) is 0 Å². The van der Waals surface area contributed by atoms with Crippen molar-refractivity contribution in [3.63, 3.8) is 0 Å². The monoisotopic (exact) mass is 357 g/mol. The molecule has 0 bridgehead atoms. The fraction of sp³-hybridized carbons (Fsp3) is 0.400. The highest BCUT2D eigenvalue weighted by Crippen LogP contribution is 2.32. The highest BCUT2D eigenvalue weighted by Gasteiger charge is 2.18. The van der Waals surface area contributed by atoms with Gasteiger partial charge >= 0.3 is 5.63 Å². The van der Waals surface area contributed by atoms with Crippen LogP contribution in [0.2, 0.25) is 0 Å². The lowest BCUT2D eigenvalue weighted by atomic mass is 9.98. The van der Waals surface area contributed by atoms with Crippen molar-refractivity contribution in [2.45, 2.75) is 46.6 Å². The number of hydrogen-bond acceptors (Lipinski definition) is 5. The van der Waals surface area contributed by atoms with Crippen LogP contribution in [0, 0.1) is 20.8 Å². The molecule has 2 heterocycles. The van der Waals surface area contributed by atoms with Crippen LogP contribution in [0.1, 0.15) is 35.6 Å². The van der Waals surface area contributed by atoms with E-state index < -0.39 is 5.63 Å². The number of aryl methyl sites for hydroxylation is 3. The molecule has 138 valence electrons. The van der Waals surface area contributed by atoms with Gasteiger partial charge in [-0.15, -0.1) is 0 Å². The Balaban J connectivity index is 2.02. The molecule has 3 aromatic rings. The number of carbonyl (C=O) groups is 1. The maximum Gasteiger partial charge on any atom is 0.339 e. The van der Waals surface area contributed by atoms with Gasteiger partial charge in [-0.25, -0.2) is 4.79 Å². The van der Waals surface area contributed by atoms with E-state index in [9.17, 15) is 9.59 Å². The molecule has 0 radical (unpaired) electrons. The van der Waals surface area contributed by atoms with Gasteiger partial charge in [-0.2, -0.15) is 0 Å². The van der Waals surface area contributed by atoms with Gasteiger partial charge in [0.2, 0.25) is 5.91 Å². The van der Waals surface area contributed by atoms with E-state index in [4.69, 9.17) is 13.9 Å². The lowest BCUT2D eigenvalue weighted by Crippen LogP contribution is -2.35. The quantitative estimate of drug-likeness (QED) is 0.685. The van der Waals surface area contributed by atoms with Gasteiger partial charge in [0.1, 0.15) is 11.2 Å². The molecule has 0 spiro atoms. The van der Waals surface area contributed by atoms with Crippen LogP contribution in [0.25, 0.3) is 21.9 Å². The molecular weight excluding hydrogens is 334 g/mol. The van der Waals surface area contributed by atoms with E-state index in [1.54, 1.807) is 13.2 Å². The minimum Gasteiger partial charge on any atom is -0.464 e. The van der Waals surface area contributed by atoms with Gasteiger partial charge in [-0.05, 0) is 51.3 Å². The van der Waals surface area contributed by atoms with Crippen LogP contribution in [0.3, 0.4) is 0 Å². The van der Waals surface area contributed by atoms with E-state index in [-0.39, 0.29) is 31.4 Å². The highest BCUT2D eigenvalue weighted by atomic mass is 16.4. The molecule has 2 N–H and O–H groups in total. The molecule has 0 saturated carbocycles. The van der Waals surface area contributed by atoms with Crippen molar-refractivity contribution < 1.29 is 18.7 Å². The molecule has 0 saturated heterocycles. The van der Waals surface area contributed by atoms with Crippen molar-refractivity contribution in [3.05, 3.63) is 45.0 Å². The van der Waals surface area contributed by atoms with Crippen molar-refractivity contribution in [2.75, 3.05) is 6.61 Å². The topological polar surface area (TPSA) is 92.7 Å². The Kier molecular flexibility index (Phi) is 4.87. The van der Waals surface area contributed by atoms with E-state index in [0.29, 0.717) is 11.1 Å². The van der Waals surface area contributed by atoms with Crippen LogP contribution in [0.15, 0.2) is 26.0 Å². The Morgan fingerprint density at radius 1 is 1.19 bits per heavy atom. The van der Waals surface area contributed by atoms with E-state index in [2.05, 4.69) is 5.32 Å². The van der Waals surface area contributed by atoms with Crippen LogP contribution >= 0.6 is 0 Å². The van der Waals surface area contributed by atoms with Crippen molar-refractivity contribution >= 4 is 27.8 Å². The second-order valence-electron chi connectivity index (χ2n) is 6.82. The van der Waals surface area contributed by atoms with Gasteiger partial charge in [0.05, 0.1) is 12.9 Å². The molecule has 6 heteroatoms. The first-order valence-corrected chi connectivity index (χ1v) is 8.67. The van der Waals surface area contributed by atoms with Gasteiger partial charge in [0.25, 0.3) is 0 Å². The van der Waals surface area contributed by atoms with Crippen LogP contribution in [-0.4, -0.2) is 23.7 Å². The Bertz CT molecular complexity index is 1040. The number of hydrogen-bond donors (Lipinski definition) is 2. The highest BCUT2D eigenvalue weighted by molar-refractivity contribution is 5.99. The molecule has 1 atom stereocenters. The van der Waals surface area contributed by atoms with Crippen LogP contribution in [0.4, 0.5) is 0 Å². The molecule has 6 nitrogen and oxygen atoms in total. The third kappa shape index (κ3) is 3.12. The number of amides is 1. The smallest absolute Gasteiger partial charge is 0.339 e. The Morgan fingerprint density at radius 2 is 1.92 bits per heavy atom. The first-order valence-electron chi connectivity index (χ1n) is 8.67. The molecular formula is C20H23NO5. The number of nitrogens with one attached hydrogen (secondary N) is 1. The number of rotatable bonds is 5. The summed E-state index contributed by atoms with van der Waals surface area (Å²) >= 11 is 0. The molecule has 0 aliphatic carbocycles. The van der Waals surface area contributed by atoms with Crippen molar-refractivity contribution in [1.29, 1.82) is 0 Å². The predicted octanol–water partition coefficient (Wildman–Crippen LogP) is 2.89. The summed E-state index contributed by atoms with van der Waals surface area (Å²) in [7, 11) is 0. The first kappa shape index (κ1) is 18.2. The van der Waals surface area contributed by atoms with Gasteiger partial charge in [-0.1, -0.05) is 0 Å². The summed E-state index contributed by atoms with van der Waals surface area (Å²) in [5.41, 5.74) is 3.97. The number of aliphatic hydroxyl groups excluding tert-OH is 1. The summed E-state index contributed by atoms with van der Waals surface area (Å²) in [5.74, 6) is -0.206. The lowest BCUT2D eigenvalue weighted by Gasteiger charge is -2.12. The summed E-state index contributed by atoms with van der Waals surface area (Å²) in [6.45, 7) is 7.32. The minimum absolute atomic E-state index is 0.123. The summed E-state index contributed by atoms with van der Waals surface area (Å²) in [4.78, 5) is 24.4. The Hall–Kier alpha value is -2.60. The Morgan fingerprint density at radius 3 is 2.62 bits per heavy atom. The van der Waals surface area contributed by atoms with Gasteiger partial charge in [0, 0.05) is 34.4 Å². The normalized spacial score (nSPS) is 12.7. The second-order valence-corrected chi connectivity index (χ2v) is 6.82. The molecule has 26 heavy (non-hydrogen) atoms. The van der Waals surface area contributed by atoms with Crippen molar-refractivity contribution in [1.82, 2.24) is 5.32 Å². The molecule has 0 unspecified atom stereocenters. The third-order valence-electron chi connectivity index (χ3n) is 4.82. The van der Waals surface area contributed by atoms with Crippen molar-refractivity contribution in [3.8, 4) is 0 Å². The largest absolute Gasteiger partial charge is 0.464 e. The maximum atomic E-state index is 12.5. The van der Waals surface area contributed by atoms with Crippen LogP contribution < -0.4 is 10.9 Å². The standard InChI is InChI=1S/C20H23NO5/c1-10-9-25-18-13(4)19-16(7-15(10)18)12(3)14(20(24)26-19)5-6-17(23)21-11(2)8-22/h7,9,11,22H,5-6,8H2,1-4H3,(H,21,23)/t11-/m0/s1. The minimum atomic E-state index is -0.427. The summed E-state index contributed by atoms with van der Waals surface area (Å²) in [6.07, 6.45) is 2.14. The Labute approximate surface area is 150 Å². The molecule has 3 rings (SSSR count). The van der Waals surface area contributed by atoms with Crippen molar-refractivity contribution in [2.24, 2.45) is 0 Å². The van der Waals surface area contributed by atoms with Gasteiger partial charge in [-0.3, -0.25) is 4.79 Å². The number of furan rings is 1. The summed E-state index contributed by atoms with van der Waals surface area (Å²) < 4.78 is 11.2. The predicted molar refractivity (Wildman–Crippen MR) is 99.5 cm³/mol. The van der Waals surface area contributed by atoms with E-state index >= 15 is 0 Å². The first-order chi connectivity index (χ1) is 12.3. The zero-order valence-electron chi connectivity index (χ0n) is 15.4. The fourth-order valence-corrected chi connectivity index (χ4v) is 3.24. The van der Waals surface area contributed by atoms with Gasteiger partial charge < -0.3 is 19.3 Å². The van der Waals surface area contributed by atoms with Crippen LogP contribution in [-0.2, 0) is 11.2 Å². The lowest BCUT2D eigenvalue weighted by molar-refractivity contribution is -0.121. The fourth-order valence-electron chi connectivity index (χ4n) is 3.24. The number of aliphatic hydroxyl groups is 1. The SMILES string of the molecule is Cc1coc2c(C)c3oc(=O)c(CCC(=O)N[C@@H](C)CO)c(C)c3cc12. The zero-order chi connectivity index (χ0) is 19.0. The molecule has 2 aromatic heterocycles. The molecule has 0 aliphatic heterocycles. The number of carbonyl (C=O) groups excluding carboxylic acids is 1. The maximum absolute atomic E-state index is 12.5. The average molecular weight is 357 g/mol. The average Bonchev–Trinajstić information content (AvgIpc) is 2.97.